The second-order valence-electron chi connectivity index (χ2n) is 0. The molecule has 16 radical (unpaired) electrons. The molecule has 0 N–H and O–H groups in total. The van der Waals surface area contributed by atoms with Crippen LogP contribution in [0.25, 0.3) is 0 Å². The van der Waals surface area contributed by atoms with E-state index in [1.54, 1.807) is 0 Å². The van der Waals surface area contributed by atoms with Crippen LogP contribution in [0.2, 0.25) is 0 Å². The Morgan fingerprint density at radius 3 is 1.00 bits per heavy atom. The first-order valence-corrected chi connectivity index (χ1v) is 0. The van der Waals surface area contributed by atoms with E-state index in [-0.39, 0.29) is 296 Å². The second kappa shape index (κ2) is 87.0. The Kier molecular flexibility index (Phi) is 731. The monoisotopic (exact) mass is 803 g/mol. The largest absolute Gasteiger partial charge is 0 e. The van der Waals surface area contributed by atoms with Crippen molar-refractivity contribution in [1.82, 2.24) is 0 Å². The van der Waals surface area contributed by atoms with E-state index in [0.29, 0.717) is 0 Å². The molecular weight excluding hydrogens is 804 g/mol. The Bertz CT molecular complexity index is 43.0. The minimum atomic E-state index is 0. The zero-order valence-corrected chi connectivity index (χ0v) is 31.0. The Morgan fingerprint density at radius 2 is 1.00 bits per heavy atom. The van der Waals surface area contributed by atoms with Crippen LogP contribution >= 0.6 is 0 Å². The van der Waals surface area contributed by atoms with E-state index in [2.05, 4.69) is 0 Å². The van der Waals surface area contributed by atoms with Gasteiger partial charge in [-0.1, -0.05) is 0 Å². The Labute approximate surface area is 287 Å². The first-order chi connectivity index (χ1) is 0. The topological polar surface area (TPSA) is 0 Å². The Hall–Kier alpha value is 9.39. The molecule has 0 aromatic heterocycles. The van der Waals surface area contributed by atoms with Gasteiger partial charge in [0.25, 0.3) is 0 Å². The molecule has 0 spiro atoms. The number of rotatable bonds is 0. The van der Waals surface area contributed by atoms with Crippen molar-refractivity contribution >= 4 is 188 Å². The summed E-state index contributed by atoms with van der Waals surface area (Å²) in [4.78, 5) is 0. The van der Waals surface area contributed by atoms with Crippen LogP contribution in [0.1, 0.15) is 0 Å². The fourth-order valence-corrected chi connectivity index (χ4v) is 0. The molecule has 12 heavy (non-hydrogen) atoms. The van der Waals surface area contributed by atoms with Crippen LogP contribution in [0.4, 0.5) is 0 Å². The third kappa shape index (κ3) is 74.4. The van der Waals surface area contributed by atoms with Gasteiger partial charge in [0.2, 0.25) is 0 Å². The average molecular weight is 804 g/mol. The van der Waals surface area contributed by atoms with Crippen molar-refractivity contribution in [2.24, 2.45) is 0 Å². The van der Waals surface area contributed by atoms with Crippen LogP contribution in [0.5, 0.6) is 0 Å². The van der Waals surface area contributed by atoms with Gasteiger partial charge >= 0.3 is 0 Å². The van der Waals surface area contributed by atoms with Crippen LogP contribution < -0.4 is 0 Å². The summed E-state index contributed by atoms with van der Waals surface area (Å²) in [5.74, 6) is 0. The predicted octanol–water partition coefficient (Wildman–Crippen LogP) is -2.30. The second-order valence-corrected chi connectivity index (χ2v) is 0. The van der Waals surface area contributed by atoms with E-state index in [1.807, 2.05) is 0 Å². The van der Waals surface area contributed by atoms with Gasteiger partial charge in [-0.15, -0.1) is 0 Å². The van der Waals surface area contributed by atoms with Crippen LogP contribution in [-0.2, 0) is 108 Å². The van der Waals surface area contributed by atoms with Crippen molar-refractivity contribution in [1.29, 1.82) is 0 Å². The summed E-state index contributed by atoms with van der Waals surface area (Å²) in [5.41, 5.74) is 0. The molecule has 0 amide bonds. The third-order valence-electron chi connectivity index (χ3n) is 0. The van der Waals surface area contributed by atoms with Crippen molar-refractivity contribution in [3.8, 4) is 0 Å². The summed E-state index contributed by atoms with van der Waals surface area (Å²) < 4.78 is 0. The first-order valence-electron chi connectivity index (χ1n) is 0. The number of hydrogen-bond donors (Lipinski definition) is 0. The van der Waals surface area contributed by atoms with Crippen LogP contribution in [0.3, 0.4) is 0 Å². The molecule has 0 bridgehead atoms. The molecule has 0 aromatic carbocycles. The van der Waals surface area contributed by atoms with Crippen LogP contribution in [-0.4, -0.2) is 188 Å². The van der Waals surface area contributed by atoms with E-state index in [0.717, 1.165) is 0 Å². The molecule has 12 heteroatoms. The fraction of sp³-hybridized carbons (Fsp3) is 0. The van der Waals surface area contributed by atoms with E-state index in [9.17, 15) is 0 Å². The van der Waals surface area contributed by atoms with Gasteiger partial charge in [-0.05, 0) is 0 Å². The maximum Gasteiger partial charge on any atom is 0 e. The van der Waals surface area contributed by atoms with Gasteiger partial charge < -0.3 is 0 Å². The van der Waals surface area contributed by atoms with Gasteiger partial charge in [-0.25, -0.2) is 0 Å². The summed E-state index contributed by atoms with van der Waals surface area (Å²) in [6.07, 6.45) is 0. The van der Waals surface area contributed by atoms with E-state index < -0.39 is 0 Å². The van der Waals surface area contributed by atoms with Gasteiger partial charge in [0.15, 0.2) is 0 Å². The maximum atomic E-state index is 0. The minimum absolute atomic E-state index is 0. The van der Waals surface area contributed by atoms with Gasteiger partial charge in [0, 0.05) is 296 Å². The smallest absolute Gasteiger partial charge is 0 e. The maximum absolute atomic E-state index is 0. The van der Waals surface area contributed by atoms with E-state index >= 15 is 0 Å². The zero-order valence-electron chi connectivity index (χ0n) is 6.88. The van der Waals surface area contributed by atoms with Gasteiger partial charge in [-0.2, -0.15) is 0 Å². The van der Waals surface area contributed by atoms with Crippen molar-refractivity contribution in [3.63, 3.8) is 0 Å². The molecule has 0 aliphatic heterocycles. The summed E-state index contributed by atoms with van der Waals surface area (Å²) in [6.45, 7) is 0. The van der Waals surface area contributed by atoms with Crippen molar-refractivity contribution in [2.45, 2.75) is 0 Å². The Balaban J connectivity index is 0. The molecular formula is CuFeKMgMnMoNaNiPbSiSrZn. The summed E-state index contributed by atoms with van der Waals surface area (Å²) in [7, 11) is 0. The molecule has 0 atom stereocenters. The van der Waals surface area contributed by atoms with Gasteiger partial charge in [0.1, 0.15) is 0 Å². The van der Waals surface area contributed by atoms with Crippen LogP contribution in [0, 0.1) is 0 Å². The molecule has 0 saturated carbocycles. The van der Waals surface area contributed by atoms with E-state index in [1.165, 1.54) is 0 Å². The standard InChI is InChI=1S/Cu.Fe.K.Mg.Mn.Mo.Na.Ni.Pb.Si.Sr.Zn. The molecule has 0 heterocycles. The first kappa shape index (κ1) is 101. The van der Waals surface area contributed by atoms with Crippen LogP contribution in [0.15, 0.2) is 0 Å². The molecule has 0 rings (SSSR count). The van der Waals surface area contributed by atoms with E-state index in [4.69, 9.17) is 0 Å². The normalized spacial score (nSPS) is 0. The molecule has 0 aliphatic rings. The summed E-state index contributed by atoms with van der Waals surface area (Å²) in [6, 6.07) is 0. The number of hydrogen-bond acceptors (Lipinski definition) is 0. The minimum Gasteiger partial charge on any atom is 0 e. The summed E-state index contributed by atoms with van der Waals surface area (Å²) in [5, 5.41) is 0. The molecule has 0 saturated heterocycles. The molecule has 0 unspecified atom stereocenters. The summed E-state index contributed by atoms with van der Waals surface area (Å²) >= 11 is 0. The molecule has 0 nitrogen and oxygen atoms in total. The molecule has 0 fully saturated rings. The van der Waals surface area contributed by atoms with Gasteiger partial charge in [0.05, 0.1) is 0 Å². The predicted molar refractivity (Wildman–Crippen MR) is 34.5 cm³/mol. The van der Waals surface area contributed by atoms with Gasteiger partial charge in [-0.3, -0.25) is 0 Å². The quantitative estimate of drug-likeness (QED) is 0.242. The Morgan fingerprint density at radius 1 is 1.00 bits per heavy atom. The zero-order chi connectivity index (χ0) is 0. The van der Waals surface area contributed by atoms with Crippen molar-refractivity contribution < 1.29 is 108 Å². The van der Waals surface area contributed by atoms with Crippen molar-refractivity contribution in [3.05, 3.63) is 0 Å². The molecule has 0 aromatic rings. The molecule has 0 aliphatic carbocycles. The third-order valence-corrected chi connectivity index (χ3v) is 0. The SMILES string of the molecule is [Cu].[Fe].[K].[Mg].[Mn].[Mo].[Na].[Ni].[Pb].[Si].[Sr].[Zn]. The fourth-order valence-electron chi connectivity index (χ4n) is 0. The van der Waals surface area contributed by atoms with Crippen molar-refractivity contribution in [2.75, 3.05) is 0 Å². The average Bonchev–Trinajstić information content (AvgIpc) is 0. The molecule has 58 valence electrons.